The molecule has 2 aromatic rings. The maximum Gasteiger partial charge on any atom is 0.299 e. The van der Waals surface area contributed by atoms with E-state index in [0.717, 1.165) is 5.69 Å². The van der Waals surface area contributed by atoms with Crippen LogP contribution in [0.15, 0.2) is 30.5 Å². The maximum absolute atomic E-state index is 12.1. The van der Waals surface area contributed by atoms with Crippen molar-refractivity contribution < 1.29 is 14.3 Å². The number of rotatable bonds is 3. The van der Waals surface area contributed by atoms with E-state index in [2.05, 4.69) is 5.10 Å². The molecule has 0 unspecified atom stereocenters. The average Bonchev–Trinajstić information content (AvgIpc) is 2.96. The Morgan fingerprint density at radius 3 is 2.70 bits per heavy atom. The summed E-state index contributed by atoms with van der Waals surface area (Å²) in [5, 5.41) is 4.23. The number of hydrogen-bond donors (Lipinski definition) is 0. The molecule has 0 saturated carbocycles. The van der Waals surface area contributed by atoms with Gasteiger partial charge in [0, 0.05) is 19.3 Å². The number of amides is 1. The molecular formula is C14H13N3O3. The number of ether oxygens (including phenoxy) is 1. The van der Waals surface area contributed by atoms with Crippen LogP contribution in [-0.4, -0.2) is 28.6 Å². The molecule has 6 heteroatoms. The predicted octanol–water partition coefficient (Wildman–Crippen LogP) is 1.16. The van der Waals surface area contributed by atoms with Gasteiger partial charge in [-0.25, -0.2) is 0 Å². The number of ketones is 1. The van der Waals surface area contributed by atoms with Gasteiger partial charge >= 0.3 is 0 Å². The van der Waals surface area contributed by atoms with Gasteiger partial charge in [0.05, 0.1) is 30.6 Å². The number of hydrogen-bond acceptors (Lipinski definition) is 4. The summed E-state index contributed by atoms with van der Waals surface area (Å²) in [6, 6.07) is 6.80. The largest absolute Gasteiger partial charge is 0.497 e. The first-order valence-electron chi connectivity index (χ1n) is 6.13. The molecule has 102 valence electrons. The van der Waals surface area contributed by atoms with E-state index in [4.69, 9.17) is 4.74 Å². The Kier molecular flexibility index (Phi) is 2.78. The molecule has 0 bridgehead atoms. The van der Waals surface area contributed by atoms with E-state index < -0.39 is 11.7 Å². The van der Waals surface area contributed by atoms with Crippen LogP contribution in [0.4, 0.5) is 5.69 Å². The Balaban J connectivity index is 2.00. The SMILES string of the molecule is COc1ccc2c(c1)N(Cc1ccn(C)n1)C(=O)C2=O. The number of nitrogens with zero attached hydrogens (tertiary/aromatic N) is 3. The fraction of sp³-hybridized carbons (Fsp3) is 0.214. The van der Waals surface area contributed by atoms with Crippen molar-refractivity contribution >= 4 is 17.4 Å². The Morgan fingerprint density at radius 1 is 1.25 bits per heavy atom. The smallest absolute Gasteiger partial charge is 0.299 e. The molecule has 1 aliphatic heterocycles. The van der Waals surface area contributed by atoms with Crippen molar-refractivity contribution in [3.05, 3.63) is 41.7 Å². The van der Waals surface area contributed by atoms with Gasteiger partial charge in [0.1, 0.15) is 5.75 Å². The fourth-order valence-electron chi connectivity index (χ4n) is 2.27. The highest BCUT2D eigenvalue weighted by Gasteiger charge is 2.36. The third-order valence-electron chi connectivity index (χ3n) is 3.27. The lowest BCUT2D eigenvalue weighted by atomic mass is 10.1. The van der Waals surface area contributed by atoms with Crippen LogP contribution in [0.5, 0.6) is 5.75 Å². The molecule has 0 saturated heterocycles. The number of carbonyl (C=O) groups excluding carboxylic acids is 2. The van der Waals surface area contributed by atoms with E-state index in [0.29, 0.717) is 17.0 Å². The molecule has 1 aromatic heterocycles. The van der Waals surface area contributed by atoms with Crippen LogP contribution in [0.25, 0.3) is 0 Å². The van der Waals surface area contributed by atoms with Gasteiger partial charge in [-0.15, -0.1) is 0 Å². The van der Waals surface area contributed by atoms with Gasteiger partial charge in [0.25, 0.3) is 11.7 Å². The first-order chi connectivity index (χ1) is 9.60. The normalized spacial score (nSPS) is 13.8. The lowest BCUT2D eigenvalue weighted by Gasteiger charge is -2.15. The summed E-state index contributed by atoms with van der Waals surface area (Å²) in [5.41, 5.74) is 1.71. The van der Waals surface area contributed by atoms with Crippen LogP contribution in [-0.2, 0) is 18.4 Å². The van der Waals surface area contributed by atoms with Crippen molar-refractivity contribution in [2.75, 3.05) is 12.0 Å². The van der Waals surface area contributed by atoms with Crippen molar-refractivity contribution in [3.8, 4) is 5.75 Å². The molecular weight excluding hydrogens is 258 g/mol. The number of carbonyl (C=O) groups is 2. The van der Waals surface area contributed by atoms with E-state index in [9.17, 15) is 9.59 Å². The summed E-state index contributed by atoms with van der Waals surface area (Å²) >= 11 is 0. The predicted molar refractivity (Wildman–Crippen MR) is 71.7 cm³/mol. The van der Waals surface area contributed by atoms with Crippen molar-refractivity contribution in [2.45, 2.75) is 6.54 Å². The van der Waals surface area contributed by atoms with E-state index in [1.807, 2.05) is 6.07 Å². The average molecular weight is 271 g/mol. The van der Waals surface area contributed by atoms with Crippen molar-refractivity contribution in [2.24, 2.45) is 7.05 Å². The molecule has 0 N–H and O–H groups in total. The molecule has 0 spiro atoms. The molecule has 1 aromatic carbocycles. The zero-order valence-electron chi connectivity index (χ0n) is 11.2. The number of methoxy groups -OCH3 is 1. The molecule has 1 aliphatic rings. The molecule has 0 atom stereocenters. The standard InChI is InChI=1S/C14H13N3O3/c1-16-6-5-9(15-16)8-17-12-7-10(20-2)3-4-11(12)13(18)14(17)19/h3-7H,8H2,1-2H3. The molecule has 6 nitrogen and oxygen atoms in total. The first-order valence-corrected chi connectivity index (χ1v) is 6.13. The van der Waals surface area contributed by atoms with E-state index in [1.165, 1.54) is 4.90 Å². The summed E-state index contributed by atoms with van der Waals surface area (Å²) in [4.78, 5) is 25.5. The number of anilines is 1. The summed E-state index contributed by atoms with van der Waals surface area (Å²) in [7, 11) is 3.35. The van der Waals surface area contributed by atoms with Gasteiger partial charge in [0.2, 0.25) is 0 Å². The van der Waals surface area contributed by atoms with Crippen molar-refractivity contribution in [1.82, 2.24) is 9.78 Å². The Labute approximate surface area is 115 Å². The third-order valence-corrected chi connectivity index (χ3v) is 3.27. The summed E-state index contributed by atoms with van der Waals surface area (Å²) < 4.78 is 6.80. The highest BCUT2D eigenvalue weighted by molar-refractivity contribution is 6.52. The Bertz CT molecular complexity index is 705. The van der Waals surface area contributed by atoms with Gasteiger partial charge in [0.15, 0.2) is 0 Å². The minimum absolute atomic E-state index is 0.269. The number of fused-ring (bicyclic) bond motifs is 1. The summed E-state index contributed by atoms with van der Waals surface area (Å²) in [5.74, 6) is -0.408. The number of aromatic nitrogens is 2. The lowest BCUT2D eigenvalue weighted by molar-refractivity contribution is -0.114. The van der Waals surface area contributed by atoms with E-state index in [-0.39, 0.29) is 6.54 Å². The van der Waals surface area contributed by atoms with Crippen LogP contribution < -0.4 is 9.64 Å². The molecule has 1 amide bonds. The topological polar surface area (TPSA) is 64.4 Å². The van der Waals surface area contributed by atoms with Crippen LogP contribution in [0, 0.1) is 0 Å². The van der Waals surface area contributed by atoms with Crippen molar-refractivity contribution in [1.29, 1.82) is 0 Å². The van der Waals surface area contributed by atoms with Gasteiger partial charge in [-0.3, -0.25) is 19.2 Å². The second-order valence-electron chi connectivity index (χ2n) is 4.58. The van der Waals surface area contributed by atoms with Crippen LogP contribution in [0.3, 0.4) is 0 Å². The highest BCUT2D eigenvalue weighted by atomic mass is 16.5. The third kappa shape index (κ3) is 1.85. The molecule has 2 heterocycles. The quantitative estimate of drug-likeness (QED) is 0.786. The first kappa shape index (κ1) is 12.4. The minimum Gasteiger partial charge on any atom is -0.497 e. The Hall–Kier alpha value is -2.63. The molecule has 3 rings (SSSR count). The fourth-order valence-corrected chi connectivity index (χ4v) is 2.27. The lowest BCUT2D eigenvalue weighted by Crippen LogP contribution is -2.29. The van der Waals surface area contributed by atoms with Gasteiger partial charge in [-0.1, -0.05) is 0 Å². The van der Waals surface area contributed by atoms with Gasteiger partial charge < -0.3 is 4.74 Å². The molecule has 0 radical (unpaired) electrons. The summed E-state index contributed by atoms with van der Waals surface area (Å²) in [6.45, 7) is 0.269. The second-order valence-corrected chi connectivity index (χ2v) is 4.58. The van der Waals surface area contributed by atoms with Crippen LogP contribution in [0.1, 0.15) is 16.1 Å². The summed E-state index contributed by atoms with van der Waals surface area (Å²) in [6.07, 6.45) is 1.80. The van der Waals surface area contributed by atoms with Crippen LogP contribution >= 0.6 is 0 Å². The monoisotopic (exact) mass is 271 g/mol. The van der Waals surface area contributed by atoms with Gasteiger partial charge in [-0.2, -0.15) is 5.10 Å². The zero-order chi connectivity index (χ0) is 14.3. The number of benzene rings is 1. The van der Waals surface area contributed by atoms with Crippen LogP contribution in [0.2, 0.25) is 0 Å². The Morgan fingerprint density at radius 2 is 2.05 bits per heavy atom. The second kappa shape index (κ2) is 4.48. The minimum atomic E-state index is -0.529. The van der Waals surface area contributed by atoms with E-state index in [1.54, 1.807) is 43.2 Å². The molecule has 20 heavy (non-hydrogen) atoms. The number of aryl methyl sites for hydroxylation is 1. The molecule has 0 aliphatic carbocycles. The molecule has 0 fully saturated rings. The highest BCUT2D eigenvalue weighted by Crippen LogP contribution is 2.33. The van der Waals surface area contributed by atoms with Gasteiger partial charge in [-0.05, 0) is 18.2 Å². The number of Topliss-reactive ketones (excluding diaryl/α,β-unsaturated/α-hetero) is 1. The van der Waals surface area contributed by atoms with Crippen molar-refractivity contribution in [3.63, 3.8) is 0 Å². The van der Waals surface area contributed by atoms with E-state index >= 15 is 0 Å². The zero-order valence-corrected chi connectivity index (χ0v) is 11.2. The maximum atomic E-state index is 12.1.